The molecule has 21 heavy (non-hydrogen) atoms. The Morgan fingerprint density at radius 1 is 1.10 bits per heavy atom. The Kier molecular flexibility index (Phi) is 7.82. The van der Waals surface area contributed by atoms with Crippen molar-refractivity contribution in [1.29, 1.82) is 0 Å². The van der Waals surface area contributed by atoms with Gasteiger partial charge in [-0.1, -0.05) is 42.5 Å². The second-order valence-electron chi connectivity index (χ2n) is 4.88. The molecule has 1 atom stereocenters. The first-order valence-corrected chi connectivity index (χ1v) is 6.95. The van der Waals surface area contributed by atoms with Crippen LogP contribution in [0.1, 0.15) is 24.8 Å². The number of benzene rings is 1. The van der Waals surface area contributed by atoms with Crippen molar-refractivity contribution in [2.24, 2.45) is 5.92 Å². The van der Waals surface area contributed by atoms with Gasteiger partial charge in [0.05, 0.1) is 0 Å². The molecule has 1 aromatic rings. The minimum Gasteiger partial charge on any atom is -0.473 e. The van der Waals surface area contributed by atoms with Crippen LogP contribution in [0.15, 0.2) is 42.5 Å². The van der Waals surface area contributed by atoms with E-state index in [1.54, 1.807) is 0 Å². The Morgan fingerprint density at radius 3 is 2.29 bits per heavy atom. The predicted octanol–water partition coefficient (Wildman–Crippen LogP) is 2.29. The first-order valence-electron chi connectivity index (χ1n) is 6.95. The smallest absolute Gasteiger partial charge is 0.414 e. The average molecular weight is 291 g/mol. The Balaban J connectivity index is 0.000000315. The topological polar surface area (TPSA) is 86.6 Å². The van der Waals surface area contributed by atoms with E-state index in [1.807, 2.05) is 0 Å². The molecule has 1 unspecified atom stereocenters. The molecule has 0 saturated carbocycles. The highest BCUT2D eigenvalue weighted by molar-refractivity contribution is 6.27. The first kappa shape index (κ1) is 16.9. The molecule has 0 heterocycles. The van der Waals surface area contributed by atoms with Gasteiger partial charge in [-0.2, -0.15) is 0 Å². The summed E-state index contributed by atoms with van der Waals surface area (Å²) in [6.45, 7) is 2.15. The third-order valence-electron chi connectivity index (χ3n) is 3.17. The van der Waals surface area contributed by atoms with Crippen LogP contribution < -0.4 is 5.32 Å². The summed E-state index contributed by atoms with van der Waals surface area (Å²) in [6, 6.07) is 10.6. The van der Waals surface area contributed by atoms with Gasteiger partial charge in [0.1, 0.15) is 0 Å². The Labute approximate surface area is 124 Å². The maximum Gasteiger partial charge on any atom is 0.414 e. The number of aliphatic carboxylic acids is 2. The second kappa shape index (κ2) is 9.72. The van der Waals surface area contributed by atoms with Gasteiger partial charge in [-0.25, -0.2) is 9.59 Å². The average Bonchev–Trinajstić information content (AvgIpc) is 2.50. The molecule has 0 fully saturated rings. The molecule has 0 bridgehead atoms. The predicted molar refractivity (Wildman–Crippen MR) is 79.9 cm³/mol. The molecule has 1 aliphatic rings. The minimum absolute atomic E-state index is 0.846. The quantitative estimate of drug-likeness (QED) is 0.585. The summed E-state index contributed by atoms with van der Waals surface area (Å²) in [4.78, 5) is 18.2. The molecular formula is C16H21NO4. The molecule has 0 saturated heterocycles. The van der Waals surface area contributed by atoms with Gasteiger partial charge in [0.2, 0.25) is 0 Å². The van der Waals surface area contributed by atoms with Crippen molar-refractivity contribution in [3.05, 3.63) is 48.0 Å². The van der Waals surface area contributed by atoms with Crippen molar-refractivity contribution in [3.63, 3.8) is 0 Å². The van der Waals surface area contributed by atoms with Crippen LogP contribution in [-0.4, -0.2) is 28.7 Å². The van der Waals surface area contributed by atoms with Crippen LogP contribution in [0.2, 0.25) is 0 Å². The first-order chi connectivity index (χ1) is 10.1. The summed E-state index contributed by atoms with van der Waals surface area (Å²) in [5.41, 5.74) is 1.38. The lowest BCUT2D eigenvalue weighted by atomic mass is 9.94. The van der Waals surface area contributed by atoms with E-state index in [0.29, 0.717) is 0 Å². The summed E-state index contributed by atoms with van der Waals surface area (Å²) in [7, 11) is 0. The van der Waals surface area contributed by atoms with Crippen LogP contribution >= 0.6 is 0 Å². The van der Waals surface area contributed by atoms with E-state index in [9.17, 15) is 0 Å². The van der Waals surface area contributed by atoms with Crippen LogP contribution in [0.25, 0.3) is 0 Å². The molecule has 0 spiro atoms. The summed E-state index contributed by atoms with van der Waals surface area (Å²) >= 11 is 0. The number of carboxylic acids is 2. The molecule has 0 amide bonds. The summed E-state index contributed by atoms with van der Waals surface area (Å²) in [5, 5.41) is 18.3. The van der Waals surface area contributed by atoms with Gasteiger partial charge >= 0.3 is 11.9 Å². The summed E-state index contributed by atoms with van der Waals surface area (Å²) < 4.78 is 0. The number of carbonyl (C=O) groups is 2. The van der Waals surface area contributed by atoms with Crippen molar-refractivity contribution in [1.82, 2.24) is 5.32 Å². The highest BCUT2D eigenvalue weighted by atomic mass is 16.4. The lowest BCUT2D eigenvalue weighted by molar-refractivity contribution is -0.159. The highest BCUT2D eigenvalue weighted by Gasteiger charge is 2.08. The van der Waals surface area contributed by atoms with Crippen LogP contribution in [0.5, 0.6) is 0 Å². The zero-order chi connectivity index (χ0) is 15.5. The van der Waals surface area contributed by atoms with E-state index in [2.05, 4.69) is 47.8 Å². The highest BCUT2D eigenvalue weighted by Crippen LogP contribution is 2.16. The monoisotopic (exact) mass is 291 g/mol. The molecule has 0 aliphatic heterocycles. The maximum absolute atomic E-state index is 9.10. The number of hydrogen-bond donors (Lipinski definition) is 3. The largest absolute Gasteiger partial charge is 0.473 e. The van der Waals surface area contributed by atoms with Crippen LogP contribution in [0, 0.1) is 5.92 Å². The van der Waals surface area contributed by atoms with E-state index in [-0.39, 0.29) is 0 Å². The van der Waals surface area contributed by atoms with Crippen LogP contribution in [0.3, 0.4) is 0 Å². The molecule has 2 rings (SSSR count). The van der Waals surface area contributed by atoms with E-state index in [0.717, 1.165) is 19.0 Å². The van der Waals surface area contributed by atoms with Crippen LogP contribution in [-0.2, 0) is 16.1 Å². The van der Waals surface area contributed by atoms with Gasteiger partial charge in [-0.15, -0.1) is 0 Å². The van der Waals surface area contributed by atoms with Gasteiger partial charge in [-0.05, 0) is 37.3 Å². The van der Waals surface area contributed by atoms with Crippen molar-refractivity contribution in [2.45, 2.75) is 25.8 Å². The Bertz CT molecular complexity index is 458. The third kappa shape index (κ3) is 7.89. The Morgan fingerprint density at radius 2 is 1.76 bits per heavy atom. The number of allylic oxidation sites excluding steroid dienone is 2. The minimum atomic E-state index is -1.82. The fourth-order valence-corrected chi connectivity index (χ4v) is 2.06. The number of hydrogen-bond acceptors (Lipinski definition) is 3. The third-order valence-corrected chi connectivity index (χ3v) is 3.17. The molecule has 3 N–H and O–H groups in total. The van der Waals surface area contributed by atoms with E-state index < -0.39 is 11.9 Å². The summed E-state index contributed by atoms with van der Waals surface area (Å²) in [5.74, 6) is -2.80. The molecule has 114 valence electrons. The summed E-state index contributed by atoms with van der Waals surface area (Å²) in [6.07, 6.45) is 8.48. The second-order valence-corrected chi connectivity index (χ2v) is 4.88. The maximum atomic E-state index is 9.10. The Hall–Kier alpha value is -2.14. The van der Waals surface area contributed by atoms with Gasteiger partial charge in [0.15, 0.2) is 0 Å². The molecule has 5 nitrogen and oxygen atoms in total. The molecule has 0 radical (unpaired) electrons. The molecule has 1 aliphatic carbocycles. The fraction of sp³-hybridized carbons (Fsp3) is 0.375. The van der Waals surface area contributed by atoms with Gasteiger partial charge < -0.3 is 15.5 Å². The number of rotatable bonds is 4. The number of carboxylic acid groups (broad SMARTS) is 2. The molecule has 5 heteroatoms. The van der Waals surface area contributed by atoms with Crippen molar-refractivity contribution in [3.8, 4) is 0 Å². The van der Waals surface area contributed by atoms with E-state index >= 15 is 0 Å². The van der Waals surface area contributed by atoms with Crippen molar-refractivity contribution in [2.75, 3.05) is 6.54 Å². The van der Waals surface area contributed by atoms with Gasteiger partial charge in [0.25, 0.3) is 0 Å². The van der Waals surface area contributed by atoms with Gasteiger partial charge in [0, 0.05) is 6.54 Å². The van der Waals surface area contributed by atoms with E-state index in [1.165, 1.54) is 24.8 Å². The van der Waals surface area contributed by atoms with Crippen molar-refractivity contribution >= 4 is 11.9 Å². The standard InChI is InChI=1S/C14H19N.C2H2O4/c1-3-7-13(8-4-1)11-15-12-14-9-5-2-6-10-14;3-1(4)2(5)6/h1-5,7-8,14-15H,6,9-12H2;(H,3,4)(H,5,6). The molecule has 0 aromatic heterocycles. The molecule has 1 aromatic carbocycles. The van der Waals surface area contributed by atoms with Gasteiger partial charge in [-0.3, -0.25) is 0 Å². The normalized spacial score (nSPS) is 16.7. The number of nitrogens with one attached hydrogen (secondary N) is 1. The SMILES string of the molecule is C1=CCC(CNCc2ccccc2)CC1.O=C(O)C(=O)O. The molecular weight excluding hydrogens is 270 g/mol. The van der Waals surface area contributed by atoms with Crippen molar-refractivity contribution < 1.29 is 19.8 Å². The zero-order valence-corrected chi connectivity index (χ0v) is 11.9. The zero-order valence-electron chi connectivity index (χ0n) is 11.9. The fourth-order valence-electron chi connectivity index (χ4n) is 2.06. The lowest BCUT2D eigenvalue weighted by Crippen LogP contribution is -2.23. The van der Waals surface area contributed by atoms with Crippen LogP contribution in [0.4, 0.5) is 0 Å². The lowest BCUT2D eigenvalue weighted by Gasteiger charge is -2.18. The van der Waals surface area contributed by atoms with E-state index in [4.69, 9.17) is 19.8 Å².